The van der Waals surface area contributed by atoms with Gasteiger partial charge in [0.2, 0.25) is 11.7 Å². The topological polar surface area (TPSA) is 57.2 Å². The van der Waals surface area contributed by atoms with Crippen molar-refractivity contribution >= 4 is 12.0 Å². The average molecular weight is 375 g/mol. The lowest BCUT2D eigenvalue weighted by molar-refractivity contribution is -0.127. The SMILES string of the molecule is C=CCOCC1CCN(C(=O)/C=C/c2cc(OC)c(OC)c(OC)c2)CC1. The molecule has 2 rings (SSSR count). The number of carbonyl (C=O) groups is 1. The second-order valence-electron chi connectivity index (χ2n) is 6.39. The summed E-state index contributed by atoms with van der Waals surface area (Å²) >= 11 is 0. The van der Waals surface area contributed by atoms with Crippen LogP contribution in [0.3, 0.4) is 0 Å². The first-order chi connectivity index (χ1) is 13.1. The lowest BCUT2D eigenvalue weighted by Crippen LogP contribution is -2.38. The smallest absolute Gasteiger partial charge is 0.246 e. The maximum absolute atomic E-state index is 12.5. The first kappa shape index (κ1) is 20.8. The number of piperidine rings is 1. The number of carbonyl (C=O) groups excluding carboxylic acids is 1. The molecule has 0 radical (unpaired) electrons. The first-order valence-corrected chi connectivity index (χ1v) is 9.08. The van der Waals surface area contributed by atoms with Crippen LogP contribution < -0.4 is 14.2 Å². The molecule has 0 N–H and O–H groups in total. The molecule has 0 aromatic heterocycles. The predicted molar refractivity (Wildman–Crippen MR) is 105 cm³/mol. The van der Waals surface area contributed by atoms with E-state index >= 15 is 0 Å². The van der Waals surface area contributed by atoms with E-state index in [1.165, 1.54) is 0 Å². The van der Waals surface area contributed by atoms with Crippen molar-refractivity contribution in [2.45, 2.75) is 12.8 Å². The Morgan fingerprint density at radius 2 is 1.78 bits per heavy atom. The highest BCUT2D eigenvalue weighted by Crippen LogP contribution is 2.38. The Morgan fingerprint density at radius 3 is 2.30 bits per heavy atom. The van der Waals surface area contributed by atoms with E-state index in [2.05, 4.69) is 6.58 Å². The molecule has 148 valence electrons. The van der Waals surface area contributed by atoms with Crippen molar-refractivity contribution in [2.75, 3.05) is 47.6 Å². The number of benzene rings is 1. The van der Waals surface area contributed by atoms with Crippen LogP contribution in [0.4, 0.5) is 0 Å². The number of rotatable bonds is 9. The molecule has 0 unspecified atom stereocenters. The van der Waals surface area contributed by atoms with Crippen LogP contribution in [0.1, 0.15) is 18.4 Å². The number of methoxy groups -OCH3 is 3. The van der Waals surface area contributed by atoms with Crippen molar-refractivity contribution in [3.05, 3.63) is 36.4 Å². The van der Waals surface area contributed by atoms with Gasteiger partial charge in [0.1, 0.15) is 0 Å². The van der Waals surface area contributed by atoms with Gasteiger partial charge >= 0.3 is 0 Å². The number of hydrogen-bond donors (Lipinski definition) is 0. The van der Waals surface area contributed by atoms with Gasteiger partial charge in [-0.15, -0.1) is 6.58 Å². The molecular formula is C21H29NO5. The van der Waals surface area contributed by atoms with E-state index in [0.29, 0.717) is 29.8 Å². The van der Waals surface area contributed by atoms with E-state index in [0.717, 1.165) is 38.1 Å². The molecule has 0 spiro atoms. The number of hydrogen-bond acceptors (Lipinski definition) is 5. The van der Waals surface area contributed by atoms with Crippen LogP contribution in [0.2, 0.25) is 0 Å². The third-order valence-corrected chi connectivity index (χ3v) is 4.62. The molecule has 1 heterocycles. The highest BCUT2D eigenvalue weighted by atomic mass is 16.5. The average Bonchev–Trinajstić information content (AvgIpc) is 2.71. The Bertz CT molecular complexity index is 638. The third-order valence-electron chi connectivity index (χ3n) is 4.62. The molecular weight excluding hydrogens is 346 g/mol. The van der Waals surface area contributed by atoms with Gasteiger partial charge in [-0.05, 0) is 42.5 Å². The van der Waals surface area contributed by atoms with Gasteiger partial charge in [0.25, 0.3) is 0 Å². The highest BCUT2D eigenvalue weighted by Gasteiger charge is 2.21. The number of amides is 1. The van der Waals surface area contributed by atoms with Crippen LogP contribution in [0.15, 0.2) is 30.9 Å². The van der Waals surface area contributed by atoms with Gasteiger partial charge in [-0.1, -0.05) is 6.08 Å². The molecule has 1 aliphatic rings. The predicted octanol–water partition coefficient (Wildman–Crippen LogP) is 3.17. The normalized spacial score (nSPS) is 15.0. The molecule has 1 amide bonds. The van der Waals surface area contributed by atoms with Gasteiger partial charge in [-0.25, -0.2) is 0 Å². The van der Waals surface area contributed by atoms with Gasteiger partial charge in [0.05, 0.1) is 27.9 Å². The monoisotopic (exact) mass is 375 g/mol. The highest BCUT2D eigenvalue weighted by molar-refractivity contribution is 5.92. The molecule has 6 heteroatoms. The molecule has 1 fully saturated rings. The first-order valence-electron chi connectivity index (χ1n) is 9.08. The van der Waals surface area contributed by atoms with Gasteiger partial charge in [-0.2, -0.15) is 0 Å². The number of likely N-dealkylation sites (tertiary alicyclic amines) is 1. The summed E-state index contributed by atoms with van der Waals surface area (Å²) in [6.45, 7) is 6.46. The molecule has 0 bridgehead atoms. The van der Waals surface area contributed by atoms with Crippen molar-refractivity contribution in [3.63, 3.8) is 0 Å². The summed E-state index contributed by atoms with van der Waals surface area (Å²) in [5.41, 5.74) is 0.811. The van der Waals surface area contributed by atoms with Crippen LogP contribution in [0, 0.1) is 5.92 Å². The zero-order valence-corrected chi connectivity index (χ0v) is 16.4. The van der Waals surface area contributed by atoms with Crippen molar-refractivity contribution in [1.29, 1.82) is 0 Å². The summed E-state index contributed by atoms with van der Waals surface area (Å²) in [6.07, 6.45) is 7.04. The molecule has 1 aromatic rings. The Morgan fingerprint density at radius 1 is 1.15 bits per heavy atom. The van der Waals surface area contributed by atoms with E-state index < -0.39 is 0 Å². The maximum atomic E-state index is 12.5. The summed E-state index contributed by atoms with van der Waals surface area (Å²) in [5, 5.41) is 0. The van der Waals surface area contributed by atoms with Crippen LogP contribution >= 0.6 is 0 Å². The quantitative estimate of drug-likeness (QED) is 0.377. The fraction of sp³-hybridized carbons (Fsp3) is 0.476. The van der Waals surface area contributed by atoms with Crippen LogP contribution in [0.5, 0.6) is 17.2 Å². The fourth-order valence-electron chi connectivity index (χ4n) is 3.11. The van der Waals surface area contributed by atoms with E-state index in [-0.39, 0.29) is 5.91 Å². The minimum Gasteiger partial charge on any atom is -0.493 e. The molecule has 1 aromatic carbocycles. The van der Waals surface area contributed by atoms with Crippen LogP contribution in [0.25, 0.3) is 6.08 Å². The summed E-state index contributed by atoms with van der Waals surface area (Å²) < 4.78 is 21.5. The lowest BCUT2D eigenvalue weighted by Gasteiger charge is -2.31. The zero-order valence-electron chi connectivity index (χ0n) is 16.4. The van der Waals surface area contributed by atoms with Gasteiger partial charge in [-0.3, -0.25) is 4.79 Å². The molecule has 0 aliphatic carbocycles. The Hall–Kier alpha value is -2.47. The molecule has 1 saturated heterocycles. The van der Waals surface area contributed by atoms with Gasteiger partial charge < -0.3 is 23.8 Å². The van der Waals surface area contributed by atoms with Crippen LogP contribution in [-0.2, 0) is 9.53 Å². The van der Waals surface area contributed by atoms with E-state index in [9.17, 15) is 4.79 Å². The van der Waals surface area contributed by atoms with Crippen molar-refractivity contribution in [3.8, 4) is 17.2 Å². The largest absolute Gasteiger partial charge is 0.493 e. The maximum Gasteiger partial charge on any atom is 0.246 e. The summed E-state index contributed by atoms with van der Waals surface area (Å²) in [5.74, 6) is 2.17. The summed E-state index contributed by atoms with van der Waals surface area (Å²) in [4.78, 5) is 14.4. The second-order valence-corrected chi connectivity index (χ2v) is 6.39. The Kier molecular flexibility index (Phi) is 8.20. The van der Waals surface area contributed by atoms with E-state index in [4.69, 9.17) is 18.9 Å². The van der Waals surface area contributed by atoms with Crippen molar-refractivity contribution < 1.29 is 23.7 Å². The van der Waals surface area contributed by atoms with E-state index in [1.807, 2.05) is 17.0 Å². The Labute approximate surface area is 161 Å². The zero-order chi connectivity index (χ0) is 19.6. The molecule has 0 saturated carbocycles. The summed E-state index contributed by atoms with van der Waals surface area (Å²) in [7, 11) is 4.70. The number of nitrogens with zero attached hydrogens (tertiary/aromatic N) is 1. The lowest BCUT2D eigenvalue weighted by atomic mass is 9.98. The van der Waals surface area contributed by atoms with Gasteiger partial charge in [0, 0.05) is 25.8 Å². The molecule has 27 heavy (non-hydrogen) atoms. The van der Waals surface area contributed by atoms with Crippen LogP contribution in [-0.4, -0.2) is 58.4 Å². The third kappa shape index (κ3) is 5.76. The molecule has 1 aliphatic heterocycles. The van der Waals surface area contributed by atoms with E-state index in [1.54, 1.807) is 39.6 Å². The fourth-order valence-corrected chi connectivity index (χ4v) is 3.11. The minimum atomic E-state index is 0.00853. The number of ether oxygens (including phenoxy) is 4. The van der Waals surface area contributed by atoms with Gasteiger partial charge in [0.15, 0.2) is 11.5 Å². The Balaban J connectivity index is 1.96. The summed E-state index contributed by atoms with van der Waals surface area (Å²) in [6, 6.07) is 3.63. The van der Waals surface area contributed by atoms with Crippen molar-refractivity contribution in [2.24, 2.45) is 5.92 Å². The second kappa shape index (κ2) is 10.6. The molecule has 6 nitrogen and oxygen atoms in total. The standard InChI is InChI=1S/C21H29NO5/c1-5-12-27-15-16-8-10-22(11-9-16)20(23)7-6-17-13-18(24-2)21(26-4)19(14-17)25-3/h5-7,13-14,16H,1,8-12,15H2,2-4H3/b7-6+. The molecule has 0 atom stereocenters. The van der Waals surface area contributed by atoms with Crippen molar-refractivity contribution in [1.82, 2.24) is 4.90 Å². The minimum absolute atomic E-state index is 0.00853.